The van der Waals surface area contributed by atoms with Gasteiger partial charge in [0.25, 0.3) is 0 Å². The van der Waals surface area contributed by atoms with Crippen LogP contribution in [0.15, 0.2) is 183 Å². The maximum absolute atomic E-state index is 4.23. The number of nitrogens with one attached hydrogen (secondary N) is 2. The number of fused-ring (bicyclic) bond motifs is 2. The van der Waals surface area contributed by atoms with Gasteiger partial charge in [0.15, 0.2) is 0 Å². The molecule has 0 spiro atoms. The lowest BCUT2D eigenvalue weighted by molar-refractivity contribution is 1.32. The molecule has 3 aromatic heterocycles. The summed E-state index contributed by atoms with van der Waals surface area (Å²) < 4.78 is 0. The van der Waals surface area contributed by atoms with E-state index in [-0.39, 0.29) is 0 Å². The van der Waals surface area contributed by atoms with E-state index >= 15 is 0 Å². The number of hydrogen-bond donors (Lipinski definition) is 2. The molecule has 0 amide bonds. The van der Waals surface area contributed by atoms with E-state index in [9.17, 15) is 0 Å². The van der Waals surface area contributed by atoms with E-state index in [0.29, 0.717) is 0 Å². The van der Waals surface area contributed by atoms with Crippen molar-refractivity contribution in [3.63, 3.8) is 0 Å². The van der Waals surface area contributed by atoms with E-state index in [1.165, 1.54) is 42.4 Å². The summed E-state index contributed by atoms with van der Waals surface area (Å²) >= 11 is 1.79. The number of anilines is 4. The first-order valence-electron chi connectivity index (χ1n) is 17.0. The second-order valence-corrected chi connectivity index (χ2v) is 13.5. The minimum absolute atomic E-state index is 0.992. The molecule has 0 bridgehead atoms. The molecule has 9 rings (SSSR count). The fourth-order valence-corrected chi connectivity index (χ4v) is 7.91. The standard InChI is InChI=1S/C46H32N4S/c1-3-11-37-31(7-1)9-5-13-39(37)33-15-17-41(43(29-33)49-35-21-25-47-26-22-35)45-19-20-46(51-45)42-18-16-34(30-44(42)50-36-23-27-48-28-24-36)40-14-6-10-32-8-2-4-12-38(32)40/h1-30H,(H,47,49)(H,48,50). The highest BCUT2D eigenvalue weighted by Gasteiger charge is 2.16. The largest absolute Gasteiger partial charge is 0.355 e. The van der Waals surface area contributed by atoms with Crippen molar-refractivity contribution in [1.82, 2.24) is 9.97 Å². The lowest BCUT2D eigenvalue weighted by atomic mass is 9.96. The van der Waals surface area contributed by atoms with Crippen molar-refractivity contribution in [3.05, 3.63) is 183 Å². The lowest BCUT2D eigenvalue weighted by Gasteiger charge is -2.15. The summed E-state index contributed by atoms with van der Waals surface area (Å²) in [5.74, 6) is 0. The van der Waals surface area contributed by atoms with Crippen LogP contribution in [0.3, 0.4) is 0 Å². The van der Waals surface area contributed by atoms with Crippen molar-refractivity contribution < 1.29 is 0 Å². The van der Waals surface area contributed by atoms with Gasteiger partial charge in [0.05, 0.1) is 0 Å². The summed E-state index contributed by atoms with van der Waals surface area (Å²) in [7, 11) is 0. The fraction of sp³-hybridized carbons (Fsp3) is 0. The zero-order valence-corrected chi connectivity index (χ0v) is 28.4. The molecule has 3 heterocycles. The zero-order valence-electron chi connectivity index (χ0n) is 27.6. The number of rotatable bonds is 8. The molecule has 0 saturated heterocycles. The molecule has 2 N–H and O–H groups in total. The summed E-state index contributed by atoms with van der Waals surface area (Å²) in [6.45, 7) is 0. The molecule has 0 unspecified atom stereocenters. The molecule has 9 aromatic rings. The van der Waals surface area contributed by atoms with Crippen LogP contribution < -0.4 is 10.6 Å². The molecular weight excluding hydrogens is 641 g/mol. The molecule has 4 nitrogen and oxygen atoms in total. The molecule has 0 atom stereocenters. The van der Waals surface area contributed by atoms with Crippen LogP contribution in [0, 0.1) is 0 Å². The monoisotopic (exact) mass is 672 g/mol. The highest BCUT2D eigenvalue weighted by atomic mass is 32.1. The van der Waals surface area contributed by atoms with Gasteiger partial charge in [-0.25, -0.2) is 0 Å². The van der Waals surface area contributed by atoms with Crippen LogP contribution in [-0.4, -0.2) is 9.97 Å². The Labute approximate surface area is 300 Å². The molecule has 51 heavy (non-hydrogen) atoms. The van der Waals surface area contributed by atoms with Gasteiger partial charge in [-0.2, -0.15) is 0 Å². The summed E-state index contributed by atoms with van der Waals surface area (Å²) in [5.41, 5.74) is 11.1. The number of aromatic nitrogens is 2. The van der Waals surface area contributed by atoms with Gasteiger partial charge in [-0.05, 0) is 92.3 Å². The highest BCUT2D eigenvalue weighted by Crippen LogP contribution is 2.44. The second kappa shape index (κ2) is 13.4. The van der Waals surface area contributed by atoms with Crippen LogP contribution in [0.1, 0.15) is 0 Å². The molecule has 0 fully saturated rings. The molecule has 5 heteroatoms. The number of hydrogen-bond acceptors (Lipinski definition) is 5. The van der Waals surface area contributed by atoms with Crippen molar-refractivity contribution in [3.8, 4) is 43.1 Å². The molecule has 6 aromatic carbocycles. The quantitative estimate of drug-likeness (QED) is 0.169. The number of thiophene rings is 1. The van der Waals surface area contributed by atoms with E-state index in [1.807, 2.05) is 49.1 Å². The number of benzene rings is 6. The van der Waals surface area contributed by atoms with Gasteiger partial charge in [0.1, 0.15) is 0 Å². The van der Waals surface area contributed by atoms with Gasteiger partial charge in [-0.3, -0.25) is 9.97 Å². The molecular formula is C46H32N4S. The predicted molar refractivity (Wildman–Crippen MR) is 216 cm³/mol. The molecule has 242 valence electrons. The van der Waals surface area contributed by atoms with Crippen molar-refractivity contribution in [2.45, 2.75) is 0 Å². The normalized spacial score (nSPS) is 11.1. The topological polar surface area (TPSA) is 49.8 Å². The molecule has 0 saturated carbocycles. The SMILES string of the molecule is c1ccc2c(-c3ccc(-c4ccc(-c5ccc(-c6cccc7ccccc67)cc5Nc5ccncc5)s4)c(Nc4ccncc4)c3)cccc2c1. The van der Waals surface area contributed by atoms with Crippen LogP contribution in [0.25, 0.3) is 64.7 Å². The highest BCUT2D eigenvalue weighted by molar-refractivity contribution is 7.19. The van der Waals surface area contributed by atoms with E-state index in [4.69, 9.17) is 0 Å². The van der Waals surface area contributed by atoms with Gasteiger partial charge in [-0.1, -0.05) is 109 Å². The molecule has 0 aliphatic rings. The molecule has 0 radical (unpaired) electrons. The van der Waals surface area contributed by atoms with Crippen LogP contribution in [0.4, 0.5) is 22.7 Å². The third-order valence-corrected chi connectivity index (χ3v) is 10.4. The van der Waals surface area contributed by atoms with Crippen molar-refractivity contribution in [2.75, 3.05) is 10.6 Å². The van der Waals surface area contributed by atoms with Gasteiger partial charge in [-0.15, -0.1) is 11.3 Å². The van der Waals surface area contributed by atoms with E-state index in [0.717, 1.165) is 45.0 Å². The van der Waals surface area contributed by atoms with Crippen LogP contribution in [0.5, 0.6) is 0 Å². The van der Waals surface area contributed by atoms with Crippen molar-refractivity contribution >= 4 is 55.6 Å². The van der Waals surface area contributed by atoms with Gasteiger partial charge >= 0.3 is 0 Å². The Kier molecular flexibility index (Phi) is 8.01. The third kappa shape index (κ3) is 6.12. The number of nitrogens with zero attached hydrogens (tertiary/aromatic N) is 2. The van der Waals surface area contributed by atoms with Gasteiger partial charge < -0.3 is 10.6 Å². The average molecular weight is 673 g/mol. The fourth-order valence-electron chi connectivity index (χ4n) is 6.82. The summed E-state index contributed by atoms with van der Waals surface area (Å²) in [5, 5.41) is 12.4. The predicted octanol–water partition coefficient (Wildman–Crippen LogP) is 13.0. The average Bonchev–Trinajstić information content (AvgIpc) is 3.68. The van der Waals surface area contributed by atoms with E-state index < -0.39 is 0 Å². The summed E-state index contributed by atoms with van der Waals surface area (Å²) in [4.78, 5) is 10.8. The zero-order chi connectivity index (χ0) is 34.0. The minimum atomic E-state index is 0.992. The summed E-state index contributed by atoms with van der Waals surface area (Å²) in [6, 6.07) is 56.1. The van der Waals surface area contributed by atoms with Crippen LogP contribution in [-0.2, 0) is 0 Å². The van der Waals surface area contributed by atoms with Crippen LogP contribution >= 0.6 is 11.3 Å². The van der Waals surface area contributed by atoms with E-state index in [1.54, 1.807) is 11.3 Å². The third-order valence-electron chi connectivity index (χ3n) is 9.30. The number of pyridine rings is 2. The Bertz CT molecular complexity index is 2450. The maximum Gasteiger partial charge on any atom is 0.0478 e. The molecule has 0 aliphatic carbocycles. The lowest BCUT2D eigenvalue weighted by Crippen LogP contribution is -1.94. The first-order valence-corrected chi connectivity index (χ1v) is 17.8. The van der Waals surface area contributed by atoms with E-state index in [2.05, 4.69) is 154 Å². The second-order valence-electron chi connectivity index (χ2n) is 12.5. The minimum Gasteiger partial charge on any atom is -0.355 e. The molecule has 0 aliphatic heterocycles. The first-order chi connectivity index (χ1) is 25.3. The maximum atomic E-state index is 4.23. The van der Waals surface area contributed by atoms with Gasteiger partial charge in [0, 0.05) is 68.4 Å². The Morgan fingerprint density at radius 3 is 1.27 bits per heavy atom. The summed E-state index contributed by atoms with van der Waals surface area (Å²) in [6.07, 6.45) is 7.27. The Morgan fingerprint density at radius 2 is 0.804 bits per heavy atom. The van der Waals surface area contributed by atoms with Crippen molar-refractivity contribution in [1.29, 1.82) is 0 Å². The Balaban J connectivity index is 1.14. The smallest absolute Gasteiger partial charge is 0.0478 e. The Hall–Kier alpha value is -6.56. The first kappa shape index (κ1) is 30.5. The Morgan fingerprint density at radius 1 is 0.373 bits per heavy atom. The van der Waals surface area contributed by atoms with Crippen molar-refractivity contribution in [2.24, 2.45) is 0 Å². The van der Waals surface area contributed by atoms with Gasteiger partial charge in [0.2, 0.25) is 0 Å². The van der Waals surface area contributed by atoms with Crippen LogP contribution in [0.2, 0.25) is 0 Å².